The molecule has 2 atom stereocenters. The zero-order chi connectivity index (χ0) is 51.5. The summed E-state index contributed by atoms with van der Waals surface area (Å²) in [5.41, 5.74) is 3.40. The number of hydrogen-bond donors (Lipinski definition) is 3. The van der Waals surface area contributed by atoms with Crippen LogP contribution in [0.5, 0.6) is 0 Å². The molecule has 7 aromatic rings. The Kier molecular flexibility index (Phi) is 14.9. The first-order valence-electron chi connectivity index (χ1n) is 22.0. The third kappa shape index (κ3) is 11.6. The Balaban J connectivity index is 0.000000147. The van der Waals surface area contributed by atoms with Gasteiger partial charge in [0, 0.05) is 57.1 Å². The molecule has 9 heterocycles. The number of aryl methyl sites for hydroxylation is 2. The van der Waals surface area contributed by atoms with E-state index in [9.17, 15) is 42.1 Å². The van der Waals surface area contributed by atoms with Gasteiger partial charge >= 0.3 is 7.12 Å². The van der Waals surface area contributed by atoms with E-state index >= 15 is 0 Å². The Morgan fingerprint density at radius 1 is 0.732 bits per heavy atom. The van der Waals surface area contributed by atoms with Crippen LogP contribution < -0.4 is 14.9 Å². The van der Waals surface area contributed by atoms with Crippen LogP contribution >= 0.6 is 38.6 Å². The summed E-state index contributed by atoms with van der Waals surface area (Å²) in [6.45, 7) is 11.7. The number of aromatic nitrogens is 4. The lowest BCUT2D eigenvalue weighted by atomic mass is 9.78. The highest BCUT2D eigenvalue weighted by molar-refractivity contribution is 9.11. The molecule has 71 heavy (non-hydrogen) atoms. The van der Waals surface area contributed by atoms with Crippen LogP contribution in [0.15, 0.2) is 108 Å². The molecule has 0 spiro atoms. The highest BCUT2D eigenvalue weighted by Gasteiger charge is 2.52. The van der Waals surface area contributed by atoms with Crippen LogP contribution in [-0.2, 0) is 59.1 Å². The van der Waals surface area contributed by atoms with Crippen molar-refractivity contribution in [1.82, 2.24) is 28.4 Å². The molecule has 10 rings (SSSR count). The molecule has 0 aliphatic carbocycles. The molecule has 2 unspecified atom stereocenters. The van der Waals surface area contributed by atoms with Gasteiger partial charge in [-0.05, 0) is 136 Å². The van der Waals surface area contributed by atoms with Gasteiger partial charge in [-0.1, -0.05) is 18.2 Å². The Morgan fingerprint density at radius 3 is 1.85 bits per heavy atom. The van der Waals surface area contributed by atoms with Crippen molar-refractivity contribution in [2.45, 2.75) is 91.0 Å². The van der Waals surface area contributed by atoms with Crippen molar-refractivity contribution in [2.24, 2.45) is 0 Å². The van der Waals surface area contributed by atoms with E-state index in [1.807, 2.05) is 58.9 Å². The average molecular weight is 1170 g/mol. The van der Waals surface area contributed by atoms with E-state index in [-0.39, 0.29) is 36.3 Å². The number of halogens is 1. The average Bonchev–Trinajstić information content (AvgIpc) is 4.15. The van der Waals surface area contributed by atoms with E-state index in [0.717, 1.165) is 59.1 Å². The van der Waals surface area contributed by atoms with E-state index < -0.39 is 80.1 Å². The van der Waals surface area contributed by atoms with Crippen molar-refractivity contribution in [3.63, 3.8) is 0 Å². The number of rotatable bonds is 10. The smallest absolute Gasteiger partial charge is 0.399 e. The van der Waals surface area contributed by atoms with Gasteiger partial charge < -0.3 is 14.3 Å². The molecular formula is C44H50BBrN6O12S7. The molecule has 18 nitrogen and oxygen atoms in total. The molecule has 3 aliphatic rings. The summed E-state index contributed by atoms with van der Waals surface area (Å²) >= 11 is 5.44. The van der Waals surface area contributed by atoms with Crippen molar-refractivity contribution in [3.05, 3.63) is 106 Å². The van der Waals surface area contributed by atoms with Gasteiger partial charge in [-0.2, -0.15) is 0 Å². The van der Waals surface area contributed by atoms with Gasteiger partial charge in [0.1, 0.15) is 14.1 Å². The quantitative estimate of drug-likeness (QED) is 0.134. The van der Waals surface area contributed by atoms with Crippen LogP contribution in [0, 0.1) is 13.8 Å². The molecule has 3 fully saturated rings. The van der Waals surface area contributed by atoms with Crippen LogP contribution in [0.4, 0.5) is 0 Å². The van der Waals surface area contributed by atoms with Gasteiger partial charge in [-0.15, -0.1) is 22.7 Å². The van der Waals surface area contributed by atoms with E-state index in [0.29, 0.717) is 29.6 Å². The van der Waals surface area contributed by atoms with Crippen LogP contribution in [0.2, 0.25) is 0 Å². The molecule has 6 aromatic heterocycles. The van der Waals surface area contributed by atoms with Gasteiger partial charge in [0.15, 0.2) is 25.3 Å². The molecule has 27 heteroatoms. The summed E-state index contributed by atoms with van der Waals surface area (Å²) < 4.78 is 141. The van der Waals surface area contributed by atoms with E-state index in [1.54, 1.807) is 67.8 Å². The highest BCUT2D eigenvalue weighted by atomic mass is 79.9. The summed E-state index contributed by atoms with van der Waals surface area (Å²) in [6.07, 6.45) is 3.93. The first-order valence-corrected chi connectivity index (χ1v) is 32.4. The number of sulfone groups is 2. The zero-order valence-corrected chi connectivity index (χ0v) is 46.4. The van der Waals surface area contributed by atoms with Gasteiger partial charge in [0.05, 0.1) is 42.9 Å². The standard InChI is InChI=1S/C20H23BN2O4S.C16H17N3O4S3.C8H10BrNO4S3/c1-14-13-16-17(21-26-19(2,3)20(4,5)27-21)11-12-22-18(16)23(14)28(24,25)15-9-7-6-8-10-15;1-10-8-13-12(4-6-17-16(13)18-10)14-2-3-15(24-14)26(22,23)19-11-5-7-25(20,21)9-11;9-7-1-2-8(15-7)17(13,14)10-6-3-4-16(11,12)5-6/h6-13H,1-5H3;2-4,6,8,11,19H,5,7,9H2,1H3,(H,17,18);1-2,6,10H,3-5H2. The number of fused-ring (bicyclic) bond motifs is 2. The van der Waals surface area contributed by atoms with Crippen molar-refractivity contribution in [1.29, 1.82) is 0 Å². The Labute approximate surface area is 430 Å². The third-order valence-electron chi connectivity index (χ3n) is 12.4. The van der Waals surface area contributed by atoms with E-state index in [4.69, 9.17) is 9.31 Å². The topological polar surface area (TPSA) is 260 Å². The number of aromatic amines is 1. The number of nitrogens with one attached hydrogen (secondary N) is 3. The third-order valence-corrected chi connectivity index (χ3v) is 24.5. The van der Waals surface area contributed by atoms with E-state index in [1.165, 1.54) is 10.0 Å². The molecule has 0 saturated carbocycles. The lowest BCUT2D eigenvalue weighted by Crippen LogP contribution is -2.41. The van der Waals surface area contributed by atoms with Crippen LogP contribution in [0.1, 0.15) is 51.9 Å². The summed E-state index contributed by atoms with van der Waals surface area (Å²) in [6, 6.07) is 21.2. The summed E-state index contributed by atoms with van der Waals surface area (Å²) in [7, 11) is -17.9. The summed E-state index contributed by atoms with van der Waals surface area (Å²) in [5.74, 6) is -0.178. The van der Waals surface area contributed by atoms with Gasteiger partial charge in [0.2, 0.25) is 20.0 Å². The second-order valence-electron chi connectivity index (χ2n) is 18.3. The molecule has 0 amide bonds. The van der Waals surface area contributed by atoms with Crippen LogP contribution in [0.25, 0.3) is 32.5 Å². The molecule has 0 bridgehead atoms. The van der Waals surface area contributed by atoms with E-state index in [2.05, 4.69) is 40.3 Å². The fourth-order valence-corrected chi connectivity index (χ4v) is 19.2. The molecule has 3 N–H and O–H groups in total. The van der Waals surface area contributed by atoms with Gasteiger partial charge in [0.25, 0.3) is 10.0 Å². The molecule has 3 aliphatic heterocycles. The minimum atomic E-state index is -3.77. The lowest BCUT2D eigenvalue weighted by Gasteiger charge is -2.32. The Bertz CT molecular complexity index is 3710. The van der Waals surface area contributed by atoms with Gasteiger partial charge in [-0.3, -0.25) is 0 Å². The predicted octanol–water partition coefficient (Wildman–Crippen LogP) is 5.92. The fraction of sp³-hybridized carbons (Fsp3) is 0.364. The number of pyridine rings is 2. The number of nitrogens with zero attached hydrogens (tertiary/aromatic N) is 3. The SMILES string of the molecule is Cc1cc2c(-c3ccc(S(=O)(=O)NC4CCS(=O)(=O)C4)s3)ccnc2[nH]1.Cc1cc2c(B3OC(C)(C)C(C)(C)O3)ccnc2n1S(=O)(=O)c1ccccc1.O=S1(=O)CCC(NS(=O)(=O)c2ccc(Br)s2)C1. The minimum Gasteiger partial charge on any atom is -0.399 e. The molecule has 1 aromatic carbocycles. The van der Waals surface area contributed by atoms with Crippen molar-refractivity contribution in [3.8, 4) is 10.4 Å². The number of benzene rings is 1. The molecular weight excluding hydrogens is 1120 g/mol. The maximum absolute atomic E-state index is 13.2. The number of thiophene rings is 2. The minimum absolute atomic E-state index is 0.0255. The largest absolute Gasteiger partial charge is 0.495 e. The van der Waals surface area contributed by atoms with Crippen LogP contribution in [-0.4, -0.2) is 114 Å². The predicted molar refractivity (Wildman–Crippen MR) is 280 cm³/mol. The number of H-pyrrole nitrogens is 1. The highest BCUT2D eigenvalue weighted by Crippen LogP contribution is 2.38. The number of sulfonamides is 2. The molecule has 3 saturated heterocycles. The zero-order valence-electron chi connectivity index (χ0n) is 39.1. The van der Waals surface area contributed by atoms with Crippen molar-refractivity contribution < 1.29 is 51.4 Å². The Hall–Kier alpha value is -3.87. The van der Waals surface area contributed by atoms with Crippen molar-refractivity contribution >= 4 is 123 Å². The first-order chi connectivity index (χ1) is 33.1. The summed E-state index contributed by atoms with van der Waals surface area (Å²) in [4.78, 5) is 12.9. The van der Waals surface area contributed by atoms with Gasteiger partial charge in [-0.25, -0.2) is 65.5 Å². The maximum atomic E-state index is 13.2. The fourth-order valence-electron chi connectivity index (χ4n) is 8.15. The second-order valence-corrected chi connectivity index (χ2v) is 32.0. The first kappa shape index (κ1) is 53.4. The normalized spacial score (nSPS) is 20.4. The molecule has 0 radical (unpaired) electrons. The van der Waals surface area contributed by atoms with Crippen molar-refractivity contribution in [2.75, 3.05) is 23.0 Å². The monoisotopic (exact) mass is 1170 g/mol. The number of hydrogen-bond acceptors (Lipinski definition) is 16. The Morgan fingerprint density at radius 2 is 1.30 bits per heavy atom. The lowest BCUT2D eigenvalue weighted by molar-refractivity contribution is 0.00578. The maximum Gasteiger partial charge on any atom is 0.495 e. The summed E-state index contributed by atoms with van der Waals surface area (Å²) in [5, 5.41) is 1.64. The second kappa shape index (κ2) is 19.8. The molecule has 380 valence electrons. The van der Waals surface area contributed by atoms with Crippen LogP contribution in [0.3, 0.4) is 0 Å².